The maximum atomic E-state index is 12.3. The highest BCUT2D eigenvalue weighted by molar-refractivity contribution is 5.76. The number of hydrogen-bond acceptors (Lipinski definition) is 3. The molecule has 2 fully saturated rings. The highest BCUT2D eigenvalue weighted by Crippen LogP contribution is 2.27. The average Bonchev–Trinajstić information content (AvgIpc) is 2.45. The van der Waals surface area contributed by atoms with Crippen molar-refractivity contribution in [1.82, 2.24) is 4.90 Å². The Morgan fingerprint density at radius 2 is 2.15 bits per heavy atom. The third-order valence-corrected chi connectivity index (χ3v) is 4.72. The van der Waals surface area contributed by atoms with Crippen LogP contribution in [0.3, 0.4) is 0 Å². The second kappa shape index (κ2) is 7.99. The summed E-state index contributed by atoms with van der Waals surface area (Å²) >= 11 is 0. The fourth-order valence-electron chi connectivity index (χ4n) is 3.62. The molecule has 4 nitrogen and oxygen atoms in total. The summed E-state index contributed by atoms with van der Waals surface area (Å²) in [6, 6.07) is 0.362. The molecule has 1 aliphatic carbocycles. The summed E-state index contributed by atoms with van der Waals surface area (Å²) in [4.78, 5) is 14.3. The SMILES string of the molecule is CCOC1CCCN(C(=O)CCC2CCCC(N)C2)C1. The Hall–Kier alpha value is -0.610. The molecule has 1 saturated carbocycles. The third-order valence-electron chi connectivity index (χ3n) is 4.72. The zero-order chi connectivity index (χ0) is 14.4. The van der Waals surface area contributed by atoms with E-state index < -0.39 is 0 Å². The van der Waals surface area contributed by atoms with E-state index in [0.717, 1.165) is 51.8 Å². The van der Waals surface area contributed by atoms with E-state index in [4.69, 9.17) is 10.5 Å². The Kier molecular flexibility index (Phi) is 6.30. The lowest BCUT2D eigenvalue weighted by Crippen LogP contribution is -2.43. The van der Waals surface area contributed by atoms with Gasteiger partial charge in [-0.3, -0.25) is 4.79 Å². The molecule has 3 unspecified atom stereocenters. The summed E-state index contributed by atoms with van der Waals surface area (Å²) in [6.45, 7) is 4.46. The Morgan fingerprint density at radius 3 is 2.90 bits per heavy atom. The van der Waals surface area contributed by atoms with Crippen LogP contribution in [0, 0.1) is 5.92 Å². The predicted molar refractivity (Wildman–Crippen MR) is 80.4 cm³/mol. The number of carbonyl (C=O) groups excluding carboxylic acids is 1. The summed E-state index contributed by atoms with van der Waals surface area (Å²) in [5.41, 5.74) is 6.01. The van der Waals surface area contributed by atoms with Gasteiger partial charge in [-0.25, -0.2) is 0 Å². The summed E-state index contributed by atoms with van der Waals surface area (Å²) in [6.07, 6.45) is 8.87. The van der Waals surface area contributed by atoms with Gasteiger partial charge in [0.15, 0.2) is 0 Å². The minimum atomic E-state index is 0.251. The average molecular weight is 282 g/mol. The zero-order valence-electron chi connectivity index (χ0n) is 12.9. The summed E-state index contributed by atoms with van der Waals surface area (Å²) in [5.74, 6) is 0.976. The lowest BCUT2D eigenvalue weighted by molar-refractivity contribution is -0.135. The van der Waals surface area contributed by atoms with Crippen molar-refractivity contribution in [2.45, 2.75) is 70.4 Å². The minimum Gasteiger partial charge on any atom is -0.377 e. The number of hydrogen-bond donors (Lipinski definition) is 1. The predicted octanol–water partition coefficient (Wildman–Crippen LogP) is 2.31. The molecular formula is C16H30N2O2. The number of nitrogens with zero attached hydrogens (tertiary/aromatic N) is 1. The number of piperidine rings is 1. The molecule has 1 heterocycles. The van der Waals surface area contributed by atoms with Crippen LogP contribution in [0.15, 0.2) is 0 Å². The molecule has 1 amide bonds. The molecule has 1 aliphatic heterocycles. The normalized spacial score (nSPS) is 31.3. The number of carbonyl (C=O) groups is 1. The Labute approximate surface area is 123 Å². The molecule has 0 aromatic carbocycles. The maximum absolute atomic E-state index is 12.3. The molecule has 3 atom stereocenters. The lowest BCUT2D eigenvalue weighted by atomic mass is 9.83. The molecule has 0 bridgehead atoms. The first kappa shape index (κ1) is 15.8. The van der Waals surface area contributed by atoms with Crippen molar-refractivity contribution < 1.29 is 9.53 Å². The molecule has 0 aromatic rings. The van der Waals surface area contributed by atoms with Gasteiger partial charge >= 0.3 is 0 Å². The van der Waals surface area contributed by atoms with E-state index in [2.05, 4.69) is 0 Å². The molecule has 4 heteroatoms. The van der Waals surface area contributed by atoms with Gasteiger partial charge in [0.2, 0.25) is 5.91 Å². The first-order valence-electron chi connectivity index (χ1n) is 8.34. The van der Waals surface area contributed by atoms with Crippen molar-refractivity contribution in [2.75, 3.05) is 19.7 Å². The number of rotatable bonds is 5. The van der Waals surface area contributed by atoms with Crippen molar-refractivity contribution in [2.24, 2.45) is 11.7 Å². The van der Waals surface area contributed by atoms with E-state index in [1.165, 1.54) is 12.8 Å². The highest BCUT2D eigenvalue weighted by atomic mass is 16.5. The van der Waals surface area contributed by atoms with E-state index in [9.17, 15) is 4.79 Å². The van der Waals surface area contributed by atoms with E-state index in [0.29, 0.717) is 24.3 Å². The van der Waals surface area contributed by atoms with E-state index >= 15 is 0 Å². The van der Waals surface area contributed by atoms with Crippen molar-refractivity contribution in [3.8, 4) is 0 Å². The molecule has 0 radical (unpaired) electrons. The molecule has 1 saturated heterocycles. The summed E-state index contributed by atoms with van der Waals surface area (Å²) in [7, 11) is 0. The Balaban J connectivity index is 1.71. The van der Waals surface area contributed by atoms with Crippen LogP contribution in [0.1, 0.15) is 58.3 Å². The van der Waals surface area contributed by atoms with Crippen LogP contribution in [-0.2, 0) is 9.53 Å². The van der Waals surface area contributed by atoms with Crippen molar-refractivity contribution >= 4 is 5.91 Å². The molecule has 0 aromatic heterocycles. The molecule has 0 spiro atoms. The first-order valence-corrected chi connectivity index (χ1v) is 8.34. The van der Waals surface area contributed by atoms with Crippen molar-refractivity contribution in [3.05, 3.63) is 0 Å². The number of ether oxygens (including phenoxy) is 1. The molecule has 20 heavy (non-hydrogen) atoms. The molecule has 2 aliphatic rings. The van der Waals surface area contributed by atoms with Gasteiger partial charge < -0.3 is 15.4 Å². The van der Waals surface area contributed by atoms with Crippen molar-refractivity contribution in [3.63, 3.8) is 0 Å². The highest BCUT2D eigenvalue weighted by Gasteiger charge is 2.25. The maximum Gasteiger partial charge on any atom is 0.222 e. The second-order valence-corrected chi connectivity index (χ2v) is 6.39. The largest absolute Gasteiger partial charge is 0.377 e. The fourth-order valence-corrected chi connectivity index (χ4v) is 3.62. The third kappa shape index (κ3) is 4.74. The van der Waals surface area contributed by atoms with Crippen LogP contribution in [0.5, 0.6) is 0 Å². The number of likely N-dealkylation sites (tertiary alicyclic amines) is 1. The van der Waals surface area contributed by atoms with Gasteiger partial charge in [0.1, 0.15) is 0 Å². The van der Waals surface area contributed by atoms with Crippen LogP contribution in [0.4, 0.5) is 0 Å². The smallest absolute Gasteiger partial charge is 0.222 e. The van der Waals surface area contributed by atoms with Gasteiger partial charge in [-0.05, 0) is 44.9 Å². The molecule has 2 rings (SSSR count). The van der Waals surface area contributed by atoms with Gasteiger partial charge in [0.05, 0.1) is 6.10 Å². The van der Waals surface area contributed by atoms with Gasteiger partial charge in [-0.1, -0.05) is 12.8 Å². The molecule has 2 N–H and O–H groups in total. The summed E-state index contributed by atoms with van der Waals surface area (Å²) < 4.78 is 5.66. The quantitative estimate of drug-likeness (QED) is 0.842. The van der Waals surface area contributed by atoms with Crippen LogP contribution in [-0.4, -0.2) is 42.6 Å². The topological polar surface area (TPSA) is 55.6 Å². The van der Waals surface area contributed by atoms with Crippen LogP contribution in [0.2, 0.25) is 0 Å². The zero-order valence-corrected chi connectivity index (χ0v) is 12.9. The van der Waals surface area contributed by atoms with Crippen LogP contribution in [0.25, 0.3) is 0 Å². The second-order valence-electron chi connectivity index (χ2n) is 6.39. The van der Waals surface area contributed by atoms with Crippen LogP contribution >= 0.6 is 0 Å². The fraction of sp³-hybridized carbons (Fsp3) is 0.938. The molecular weight excluding hydrogens is 252 g/mol. The standard InChI is InChI=1S/C16H30N2O2/c1-2-20-15-7-4-10-18(12-15)16(19)9-8-13-5-3-6-14(17)11-13/h13-15H,2-12,17H2,1H3. The van der Waals surface area contributed by atoms with E-state index in [1.807, 2.05) is 11.8 Å². The van der Waals surface area contributed by atoms with Gasteiger partial charge in [-0.2, -0.15) is 0 Å². The van der Waals surface area contributed by atoms with Crippen LogP contribution < -0.4 is 5.73 Å². The Bertz CT molecular complexity index is 307. The number of nitrogens with two attached hydrogens (primary N) is 1. The van der Waals surface area contributed by atoms with Gasteiger partial charge in [0, 0.05) is 32.2 Å². The molecule has 116 valence electrons. The summed E-state index contributed by atoms with van der Waals surface area (Å²) in [5, 5.41) is 0. The van der Waals surface area contributed by atoms with Gasteiger partial charge in [0.25, 0.3) is 0 Å². The van der Waals surface area contributed by atoms with E-state index in [-0.39, 0.29) is 6.10 Å². The monoisotopic (exact) mass is 282 g/mol. The Morgan fingerprint density at radius 1 is 1.30 bits per heavy atom. The number of amides is 1. The lowest BCUT2D eigenvalue weighted by Gasteiger charge is -2.33. The van der Waals surface area contributed by atoms with E-state index in [1.54, 1.807) is 0 Å². The van der Waals surface area contributed by atoms with Gasteiger partial charge in [-0.15, -0.1) is 0 Å². The minimum absolute atomic E-state index is 0.251. The first-order chi connectivity index (χ1) is 9.69. The van der Waals surface area contributed by atoms with Crippen molar-refractivity contribution in [1.29, 1.82) is 0 Å².